The van der Waals surface area contributed by atoms with Crippen molar-refractivity contribution < 1.29 is 23.9 Å². The van der Waals surface area contributed by atoms with Crippen LogP contribution in [-0.2, 0) is 34.0 Å². The van der Waals surface area contributed by atoms with E-state index in [1.165, 1.54) is 11.1 Å². The van der Waals surface area contributed by atoms with E-state index in [0.717, 1.165) is 51.1 Å². The van der Waals surface area contributed by atoms with Crippen LogP contribution in [0.3, 0.4) is 0 Å². The fourth-order valence-electron chi connectivity index (χ4n) is 5.66. The van der Waals surface area contributed by atoms with Gasteiger partial charge in [-0.3, -0.25) is 24.6 Å². The molecule has 1 aromatic rings. The van der Waals surface area contributed by atoms with E-state index in [1.807, 2.05) is 31.7 Å². The molecule has 2 saturated heterocycles. The lowest BCUT2D eigenvalue weighted by Gasteiger charge is -2.34. The highest BCUT2D eigenvalue weighted by molar-refractivity contribution is 6.05. The minimum atomic E-state index is -0.578. The Morgan fingerprint density at radius 3 is 2.34 bits per heavy atom. The summed E-state index contributed by atoms with van der Waals surface area (Å²) in [4.78, 5) is 55.0. The number of carbonyl (C=O) groups excluding carboxylic acids is 4. The number of likely N-dealkylation sites (tertiary alicyclic amines) is 1. The molecule has 1 unspecified atom stereocenters. The third kappa shape index (κ3) is 4.91. The van der Waals surface area contributed by atoms with Gasteiger partial charge in [0, 0.05) is 51.3 Å². The summed E-state index contributed by atoms with van der Waals surface area (Å²) in [5.41, 5.74) is 3.59. The third-order valence-corrected chi connectivity index (χ3v) is 7.41. The number of nitrogens with one attached hydrogen (secondary N) is 1. The molecular weight excluding hydrogens is 448 g/mol. The van der Waals surface area contributed by atoms with Gasteiger partial charge in [0.15, 0.2) is 0 Å². The van der Waals surface area contributed by atoms with E-state index in [4.69, 9.17) is 4.74 Å². The number of fused-ring (bicyclic) bond motifs is 2. The van der Waals surface area contributed by atoms with Crippen molar-refractivity contribution in [2.75, 3.05) is 19.6 Å². The average Bonchev–Trinajstić information content (AvgIpc) is 3.31. The first-order valence-electron chi connectivity index (χ1n) is 12.6. The van der Waals surface area contributed by atoms with Crippen LogP contribution in [0.5, 0.6) is 0 Å². The molecule has 9 nitrogen and oxygen atoms in total. The molecule has 188 valence electrons. The maximum atomic E-state index is 13.1. The number of benzene rings is 1. The number of imide groups is 1. The van der Waals surface area contributed by atoms with Crippen LogP contribution < -0.4 is 5.32 Å². The number of hydrogen-bond donors (Lipinski definition) is 1. The molecule has 4 heterocycles. The van der Waals surface area contributed by atoms with E-state index in [0.29, 0.717) is 24.4 Å². The van der Waals surface area contributed by atoms with Gasteiger partial charge in [0.25, 0.3) is 5.91 Å². The smallest absolute Gasteiger partial charge is 0.410 e. The van der Waals surface area contributed by atoms with Gasteiger partial charge in [-0.15, -0.1) is 0 Å². The van der Waals surface area contributed by atoms with Crippen molar-refractivity contribution in [2.45, 2.75) is 77.7 Å². The number of piperidine rings is 2. The van der Waals surface area contributed by atoms with E-state index in [1.54, 1.807) is 4.90 Å². The maximum absolute atomic E-state index is 13.1. The molecule has 4 aliphatic rings. The Hall–Kier alpha value is -2.94. The van der Waals surface area contributed by atoms with Crippen LogP contribution in [0.15, 0.2) is 12.1 Å². The Morgan fingerprint density at radius 2 is 1.69 bits per heavy atom. The minimum absolute atomic E-state index is 0.120. The van der Waals surface area contributed by atoms with Crippen LogP contribution in [-0.4, -0.2) is 69.8 Å². The van der Waals surface area contributed by atoms with E-state index < -0.39 is 11.6 Å². The number of nitrogens with zero attached hydrogens (tertiary/aromatic N) is 3. The van der Waals surface area contributed by atoms with E-state index in [-0.39, 0.29) is 30.2 Å². The minimum Gasteiger partial charge on any atom is -0.444 e. The molecule has 0 spiro atoms. The second-order valence-corrected chi connectivity index (χ2v) is 11.3. The summed E-state index contributed by atoms with van der Waals surface area (Å²) in [7, 11) is 0. The molecule has 9 heteroatoms. The van der Waals surface area contributed by atoms with Crippen molar-refractivity contribution >= 4 is 23.8 Å². The summed E-state index contributed by atoms with van der Waals surface area (Å²) in [6, 6.07) is 3.55. The Morgan fingerprint density at radius 1 is 1.00 bits per heavy atom. The summed E-state index contributed by atoms with van der Waals surface area (Å²) in [6.45, 7) is 10.1. The molecule has 1 aromatic carbocycles. The highest BCUT2D eigenvalue weighted by atomic mass is 16.6. The summed E-state index contributed by atoms with van der Waals surface area (Å²) in [5.74, 6) is -0.242. The van der Waals surface area contributed by atoms with Gasteiger partial charge in [0.1, 0.15) is 11.6 Å². The Balaban J connectivity index is 1.16. The lowest BCUT2D eigenvalue weighted by atomic mass is 9.96. The van der Waals surface area contributed by atoms with E-state index >= 15 is 0 Å². The molecule has 1 N–H and O–H groups in total. The van der Waals surface area contributed by atoms with Gasteiger partial charge in [-0.25, -0.2) is 4.79 Å². The standard InChI is InChI=1S/C26H34N4O5/c1-26(2,3)35-25(34)29-8-6-16(7-9-29)12-28-13-17-10-19-15-30(21-4-5-22(31)27-23(21)32)24(33)20(19)11-18(17)14-28/h10-11,16,21H,4-9,12-15H2,1-3H3,(H,27,31,32). The highest BCUT2D eigenvalue weighted by Crippen LogP contribution is 2.34. The predicted octanol–water partition coefficient (Wildman–Crippen LogP) is 2.41. The first-order chi connectivity index (χ1) is 16.6. The fraction of sp³-hybridized carbons (Fsp3) is 0.615. The van der Waals surface area contributed by atoms with Crippen LogP contribution in [0.25, 0.3) is 0 Å². The molecule has 0 bridgehead atoms. The van der Waals surface area contributed by atoms with Gasteiger partial charge >= 0.3 is 6.09 Å². The molecule has 4 aliphatic heterocycles. The second-order valence-electron chi connectivity index (χ2n) is 11.3. The normalized spacial score (nSPS) is 23.4. The lowest BCUT2D eigenvalue weighted by molar-refractivity contribution is -0.136. The lowest BCUT2D eigenvalue weighted by Crippen LogP contribution is -2.52. The molecule has 4 amide bonds. The summed E-state index contributed by atoms with van der Waals surface area (Å²) in [6.07, 6.45) is 2.34. The van der Waals surface area contributed by atoms with Gasteiger partial charge in [0.05, 0.1) is 0 Å². The average molecular weight is 483 g/mol. The quantitative estimate of drug-likeness (QED) is 0.665. The van der Waals surface area contributed by atoms with Gasteiger partial charge in [-0.05, 0) is 68.7 Å². The summed E-state index contributed by atoms with van der Waals surface area (Å²) >= 11 is 0. The van der Waals surface area contributed by atoms with Crippen molar-refractivity contribution in [1.29, 1.82) is 0 Å². The molecule has 0 radical (unpaired) electrons. The molecule has 5 rings (SSSR count). The molecular formula is C26H34N4O5. The van der Waals surface area contributed by atoms with Crippen molar-refractivity contribution in [1.82, 2.24) is 20.0 Å². The first kappa shape index (κ1) is 23.8. The first-order valence-corrected chi connectivity index (χ1v) is 12.6. The zero-order valence-corrected chi connectivity index (χ0v) is 20.8. The van der Waals surface area contributed by atoms with Crippen molar-refractivity contribution in [3.05, 3.63) is 34.4 Å². The Labute approximate surface area is 205 Å². The molecule has 1 atom stereocenters. The predicted molar refractivity (Wildman–Crippen MR) is 127 cm³/mol. The molecule has 0 aliphatic carbocycles. The van der Waals surface area contributed by atoms with Gasteiger partial charge < -0.3 is 14.5 Å². The van der Waals surface area contributed by atoms with E-state index in [2.05, 4.69) is 16.3 Å². The van der Waals surface area contributed by atoms with Crippen LogP contribution in [0, 0.1) is 5.92 Å². The Bertz CT molecular complexity index is 1070. The van der Waals surface area contributed by atoms with Crippen LogP contribution in [0.1, 0.15) is 73.5 Å². The largest absolute Gasteiger partial charge is 0.444 e. The van der Waals surface area contributed by atoms with Crippen LogP contribution in [0.4, 0.5) is 4.79 Å². The number of carbonyl (C=O) groups is 4. The highest BCUT2D eigenvalue weighted by Gasteiger charge is 2.40. The van der Waals surface area contributed by atoms with Gasteiger partial charge in [-0.2, -0.15) is 0 Å². The van der Waals surface area contributed by atoms with E-state index in [9.17, 15) is 19.2 Å². The molecule has 35 heavy (non-hydrogen) atoms. The number of amides is 4. The summed E-state index contributed by atoms with van der Waals surface area (Å²) in [5, 5.41) is 2.35. The SMILES string of the molecule is CC(C)(C)OC(=O)N1CCC(CN2Cc3cc4c(cc3C2)C(=O)N(C2CCC(=O)NC2=O)C4)CC1. The molecule has 0 aromatic heterocycles. The van der Waals surface area contributed by atoms with Crippen LogP contribution >= 0.6 is 0 Å². The third-order valence-electron chi connectivity index (χ3n) is 7.41. The monoisotopic (exact) mass is 482 g/mol. The maximum Gasteiger partial charge on any atom is 0.410 e. The summed E-state index contributed by atoms with van der Waals surface area (Å²) < 4.78 is 5.50. The zero-order chi connectivity index (χ0) is 24.9. The zero-order valence-electron chi connectivity index (χ0n) is 20.8. The fourth-order valence-corrected chi connectivity index (χ4v) is 5.66. The topological polar surface area (TPSA) is 99.3 Å². The van der Waals surface area contributed by atoms with Gasteiger partial charge in [-0.1, -0.05) is 6.07 Å². The number of rotatable bonds is 3. The van der Waals surface area contributed by atoms with Crippen molar-refractivity contribution in [3.63, 3.8) is 0 Å². The second kappa shape index (κ2) is 8.93. The van der Waals surface area contributed by atoms with Gasteiger partial charge in [0.2, 0.25) is 11.8 Å². The Kier molecular flexibility index (Phi) is 6.07. The number of hydrogen-bond acceptors (Lipinski definition) is 6. The van der Waals surface area contributed by atoms with Crippen molar-refractivity contribution in [2.24, 2.45) is 5.92 Å². The molecule has 2 fully saturated rings. The van der Waals surface area contributed by atoms with Crippen LogP contribution in [0.2, 0.25) is 0 Å². The number of ether oxygens (including phenoxy) is 1. The molecule has 0 saturated carbocycles. The van der Waals surface area contributed by atoms with Crippen molar-refractivity contribution in [3.8, 4) is 0 Å².